The molecule has 0 amide bonds. The van der Waals surface area contributed by atoms with Crippen LogP contribution in [0.5, 0.6) is 0 Å². The molecule has 2 aromatic heterocycles. The summed E-state index contributed by atoms with van der Waals surface area (Å²) in [5.74, 6) is 0.946. The summed E-state index contributed by atoms with van der Waals surface area (Å²) in [5.41, 5.74) is 4.59. The Morgan fingerprint density at radius 2 is 2.00 bits per heavy atom. The molecule has 104 valence electrons. The molecule has 0 radical (unpaired) electrons. The van der Waals surface area contributed by atoms with Crippen LogP contribution in [0.15, 0.2) is 6.20 Å². The molecular weight excluding hydrogens is 238 g/mol. The van der Waals surface area contributed by atoms with Crippen molar-refractivity contribution in [1.29, 1.82) is 0 Å². The SMILES string of the molecule is CCCn1cc(C)nc1NCc1c(C)nn(C)c1C. The van der Waals surface area contributed by atoms with E-state index in [9.17, 15) is 0 Å². The number of imidazole rings is 1. The Labute approximate surface area is 114 Å². The lowest BCUT2D eigenvalue weighted by Gasteiger charge is -2.09. The van der Waals surface area contributed by atoms with Gasteiger partial charge in [0.2, 0.25) is 5.95 Å². The van der Waals surface area contributed by atoms with Gasteiger partial charge in [0.1, 0.15) is 0 Å². The number of aryl methyl sites for hydroxylation is 4. The van der Waals surface area contributed by atoms with Crippen LogP contribution in [0.4, 0.5) is 5.95 Å². The molecule has 0 atom stereocenters. The lowest BCUT2D eigenvalue weighted by molar-refractivity contribution is 0.681. The number of nitrogens with zero attached hydrogens (tertiary/aromatic N) is 4. The van der Waals surface area contributed by atoms with Crippen LogP contribution in [0, 0.1) is 20.8 Å². The first-order chi connectivity index (χ1) is 9.02. The summed E-state index contributed by atoms with van der Waals surface area (Å²) in [7, 11) is 1.98. The Morgan fingerprint density at radius 1 is 1.26 bits per heavy atom. The summed E-state index contributed by atoms with van der Waals surface area (Å²) in [6.07, 6.45) is 3.20. The Morgan fingerprint density at radius 3 is 2.58 bits per heavy atom. The van der Waals surface area contributed by atoms with Crippen LogP contribution < -0.4 is 5.32 Å². The van der Waals surface area contributed by atoms with E-state index >= 15 is 0 Å². The molecule has 0 saturated carbocycles. The van der Waals surface area contributed by atoms with Gasteiger partial charge < -0.3 is 9.88 Å². The normalized spacial score (nSPS) is 11.0. The molecule has 5 heteroatoms. The number of aromatic nitrogens is 4. The van der Waals surface area contributed by atoms with Crippen molar-refractivity contribution < 1.29 is 0 Å². The fraction of sp³-hybridized carbons (Fsp3) is 0.571. The van der Waals surface area contributed by atoms with E-state index in [0.717, 1.165) is 36.8 Å². The van der Waals surface area contributed by atoms with Crippen LogP contribution in [0.1, 0.15) is 36.0 Å². The van der Waals surface area contributed by atoms with Crippen molar-refractivity contribution in [3.8, 4) is 0 Å². The summed E-state index contributed by atoms with van der Waals surface area (Å²) >= 11 is 0. The molecule has 0 unspecified atom stereocenters. The van der Waals surface area contributed by atoms with E-state index in [1.165, 1.54) is 11.3 Å². The zero-order valence-corrected chi connectivity index (χ0v) is 12.5. The fourth-order valence-electron chi connectivity index (χ4n) is 2.34. The minimum atomic E-state index is 0.770. The second kappa shape index (κ2) is 5.47. The minimum Gasteiger partial charge on any atom is -0.351 e. The maximum absolute atomic E-state index is 4.54. The number of rotatable bonds is 5. The molecule has 0 aliphatic heterocycles. The van der Waals surface area contributed by atoms with Crippen molar-refractivity contribution in [3.05, 3.63) is 28.8 Å². The quantitative estimate of drug-likeness (QED) is 0.900. The van der Waals surface area contributed by atoms with E-state index in [1.54, 1.807) is 0 Å². The summed E-state index contributed by atoms with van der Waals surface area (Å²) in [6.45, 7) is 10.1. The maximum Gasteiger partial charge on any atom is 0.203 e. The number of nitrogens with one attached hydrogen (secondary N) is 1. The van der Waals surface area contributed by atoms with Gasteiger partial charge in [-0.1, -0.05) is 6.92 Å². The molecule has 2 aromatic rings. The monoisotopic (exact) mass is 261 g/mol. The third kappa shape index (κ3) is 2.80. The van der Waals surface area contributed by atoms with Gasteiger partial charge in [0, 0.05) is 37.6 Å². The minimum absolute atomic E-state index is 0.770. The predicted molar refractivity (Wildman–Crippen MR) is 77.3 cm³/mol. The molecule has 0 spiro atoms. The zero-order chi connectivity index (χ0) is 14.0. The molecule has 2 rings (SSSR count). The number of hydrogen-bond donors (Lipinski definition) is 1. The Hall–Kier alpha value is -1.78. The van der Waals surface area contributed by atoms with Crippen molar-refractivity contribution in [2.45, 2.75) is 47.2 Å². The first kappa shape index (κ1) is 13.6. The molecule has 0 aromatic carbocycles. The van der Waals surface area contributed by atoms with E-state index in [0.29, 0.717) is 0 Å². The van der Waals surface area contributed by atoms with Crippen molar-refractivity contribution >= 4 is 5.95 Å². The topological polar surface area (TPSA) is 47.7 Å². The van der Waals surface area contributed by atoms with E-state index < -0.39 is 0 Å². The standard InChI is InChI=1S/C14H23N5/c1-6-7-19-9-10(2)16-14(19)15-8-13-11(3)17-18(5)12(13)4/h9H,6-8H2,1-5H3,(H,15,16). The fourth-order valence-corrected chi connectivity index (χ4v) is 2.34. The molecule has 0 aliphatic carbocycles. The Kier molecular flexibility index (Phi) is 3.93. The van der Waals surface area contributed by atoms with Gasteiger partial charge in [0.25, 0.3) is 0 Å². The van der Waals surface area contributed by atoms with Crippen LogP contribution in [-0.4, -0.2) is 19.3 Å². The van der Waals surface area contributed by atoms with Gasteiger partial charge in [-0.05, 0) is 27.2 Å². The summed E-state index contributed by atoms with van der Waals surface area (Å²) < 4.78 is 4.10. The summed E-state index contributed by atoms with van der Waals surface area (Å²) in [6, 6.07) is 0. The third-order valence-corrected chi connectivity index (χ3v) is 3.44. The summed E-state index contributed by atoms with van der Waals surface area (Å²) in [5, 5.41) is 7.87. The van der Waals surface area contributed by atoms with Crippen molar-refractivity contribution in [2.24, 2.45) is 7.05 Å². The van der Waals surface area contributed by atoms with Crippen molar-refractivity contribution in [1.82, 2.24) is 19.3 Å². The van der Waals surface area contributed by atoms with Gasteiger partial charge in [0.05, 0.1) is 11.4 Å². The van der Waals surface area contributed by atoms with Crippen molar-refractivity contribution in [3.63, 3.8) is 0 Å². The largest absolute Gasteiger partial charge is 0.351 e. The second-order valence-electron chi connectivity index (χ2n) is 5.03. The average Bonchev–Trinajstić information content (AvgIpc) is 2.80. The maximum atomic E-state index is 4.54. The van der Waals surface area contributed by atoms with Gasteiger partial charge in [0.15, 0.2) is 0 Å². The first-order valence-electron chi connectivity index (χ1n) is 6.79. The van der Waals surface area contributed by atoms with E-state index in [2.05, 4.69) is 40.0 Å². The highest BCUT2D eigenvalue weighted by atomic mass is 15.3. The molecule has 0 fully saturated rings. The highest BCUT2D eigenvalue weighted by Gasteiger charge is 2.10. The highest BCUT2D eigenvalue weighted by molar-refractivity contribution is 5.33. The average molecular weight is 261 g/mol. The van der Waals surface area contributed by atoms with Crippen LogP contribution in [0.2, 0.25) is 0 Å². The van der Waals surface area contributed by atoms with Crippen LogP contribution >= 0.6 is 0 Å². The highest BCUT2D eigenvalue weighted by Crippen LogP contribution is 2.15. The van der Waals surface area contributed by atoms with Gasteiger partial charge in [-0.2, -0.15) is 5.10 Å². The molecule has 2 heterocycles. The Bertz CT molecular complexity index is 565. The van der Waals surface area contributed by atoms with Gasteiger partial charge in [-0.15, -0.1) is 0 Å². The van der Waals surface area contributed by atoms with Gasteiger partial charge in [-0.3, -0.25) is 4.68 Å². The van der Waals surface area contributed by atoms with E-state index in [1.807, 2.05) is 25.6 Å². The number of hydrogen-bond acceptors (Lipinski definition) is 3. The molecule has 19 heavy (non-hydrogen) atoms. The first-order valence-corrected chi connectivity index (χ1v) is 6.79. The predicted octanol–water partition coefficient (Wildman–Crippen LogP) is 2.56. The van der Waals surface area contributed by atoms with E-state index in [4.69, 9.17) is 0 Å². The lowest BCUT2D eigenvalue weighted by Crippen LogP contribution is -2.08. The third-order valence-electron chi connectivity index (χ3n) is 3.44. The van der Waals surface area contributed by atoms with Crippen LogP contribution in [-0.2, 0) is 20.1 Å². The molecule has 0 bridgehead atoms. The lowest BCUT2D eigenvalue weighted by atomic mass is 10.2. The zero-order valence-electron chi connectivity index (χ0n) is 12.5. The molecular formula is C14H23N5. The molecule has 0 saturated heterocycles. The molecule has 1 N–H and O–H groups in total. The van der Waals surface area contributed by atoms with Crippen molar-refractivity contribution in [2.75, 3.05) is 5.32 Å². The van der Waals surface area contributed by atoms with Gasteiger partial charge in [-0.25, -0.2) is 4.98 Å². The second-order valence-corrected chi connectivity index (χ2v) is 5.03. The van der Waals surface area contributed by atoms with Gasteiger partial charge >= 0.3 is 0 Å². The van der Waals surface area contributed by atoms with Crippen LogP contribution in [0.25, 0.3) is 0 Å². The smallest absolute Gasteiger partial charge is 0.203 e. The Balaban J connectivity index is 2.14. The van der Waals surface area contributed by atoms with E-state index in [-0.39, 0.29) is 0 Å². The van der Waals surface area contributed by atoms with Crippen LogP contribution in [0.3, 0.4) is 0 Å². The molecule has 5 nitrogen and oxygen atoms in total. The summed E-state index contributed by atoms with van der Waals surface area (Å²) in [4.78, 5) is 4.54. The molecule has 0 aliphatic rings. The number of anilines is 1.